The molecule has 0 fully saturated rings. The summed E-state index contributed by atoms with van der Waals surface area (Å²) in [6, 6.07) is 0. The molecule has 0 saturated heterocycles. The molecule has 0 amide bonds. The molecule has 0 aliphatic heterocycles. The van der Waals surface area contributed by atoms with Gasteiger partial charge in [0.05, 0.1) is 12.8 Å². The van der Waals surface area contributed by atoms with E-state index in [9.17, 15) is 9.36 Å². The molecule has 0 radical (unpaired) electrons. The van der Waals surface area contributed by atoms with Crippen LogP contribution < -0.4 is 0 Å². The van der Waals surface area contributed by atoms with Gasteiger partial charge in [0.15, 0.2) is 5.76 Å². The lowest BCUT2D eigenvalue weighted by molar-refractivity contribution is -0.136. The van der Waals surface area contributed by atoms with Gasteiger partial charge in [0.2, 0.25) is 0 Å². The fraction of sp³-hybridized carbons (Fsp3) is 0.571. The van der Waals surface area contributed by atoms with Gasteiger partial charge in [-0.1, -0.05) is 0 Å². The smallest absolute Gasteiger partial charge is 0.370 e. The van der Waals surface area contributed by atoms with E-state index in [1.54, 1.807) is 0 Å². The second-order valence-corrected chi connectivity index (χ2v) is 4.56. The normalized spacial score (nSPS) is 14.4. The van der Waals surface area contributed by atoms with Crippen LogP contribution in [0.25, 0.3) is 0 Å². The molecule has 0 aliphatic carbocycles. The number of ether oxygens (including phenoxy) is 1. The Morgan fingerprint density at radius 2 is 2.14 bits per heavy atom. The zero-order valence-corrected chi connectivity index (χ0v) is 8.70. The van der Waals surface area contributed by atoms with Gasteiger partial charge in [0, 0.05) is 7.11 Å². The summed E-state index contributed by atoms with van der Waals surface area (Å²) in [4.78, 5) is 19.1. The zero-order chi connectivity index (χ0) is 11.2. The van der Waals surface area contributed by atoms with E-state index in [0.29, 0.717) is 0 Å². The quantitative estimate of drug-likeness (QED) is 0.288. The zero-order valence-electron chi connectivity index (χ0n) is 7.80. The molecule has 6 nitrogen and oxygen atoms in total. The van der Waals surface area contributed by atoms with Crippen molar-refractivity contribution < 1.29 is 28.6 Å². The fourth-order valence-electron chi connectivity index (χ4n) is 0.613. The Hall–Kier alpha value is -0.840. The highest BCUT2D eigenvalue weighted by Gasteiger charge is 2.16. The first kappa shape index (κ1) is 13.2. The largest absolute Gasteiger partial charge is 0.487 e. The second-order valence-electron chi connectivity index (χ2n) is 2.47. The lowest BCUT2D eigenvalue weighted by Gasteiger charge is -2.08. The van der Waals surface area contributed by atoms with Crippen molar-refractivity contribution in [1.29, 1.82) is 0 Å². The summed E-state index contributed by atoms with van der Waals surface area (Å²) in [6.45, 7) is 3.15. The van der Waals surface area contributed by atoms with E-state index >= 15 is 0 Å². The number of carbonyl (C=O) groups is 1. The summed E-state index contributed by atoms with van der Waals surface area (Å²) in [6.07, 6.45) is 0.157. The number of hydrogen-bond acceptors (Lipinski definition) is 4. The Kier molecular flexibility index (Phi) is 5.45. The van der Waals surface area contributed by atoms with E-state index in [2.05, 4.69) is 15.8 Å². The third-order valence-corrected chi connectivity index (χ3v) is 2.84. The van der Waals surface area contributed by atoms with E-state index in [0.717, 1.165) is 7.11 Å². The Labute approximate surface area is 81.7 Å². The molecule has 0 saturated carbocycles. The number of carboxylic acids is 1. The van der Waals surface area contributed by atoms with Crippen LogP contribution in [0, 0.1) is 0 Å². The highest BCUT2D eigenvalue weighted by Crippen LogP contribution is 2.40. The number of aliphatic carboxylic acids is 1. The van der Waals surface area contributed by atoms with Crippen molar-refractivity contribution in [3.05, 3.63) is 12.3 Å². The molecular formula is C7H13O6P. The third-order valence-electron chi connectivity index (χ3n) is 1.39. The fourth-order valence-corrected chi connectivity index (χ4v) is 1.32. The molecule has 0 aromatic carbocycles. The van der Waals surface area contributed by atoms with Crippen molar-refractivity contribution in [3.63, 3.8) is 0 Å². The minimum absolute atomic E-state index is 0.0268. The lowest BCUT2D eigenvalue weighted by Crippen LogP contribution is -2.05. The molecule has 82 valence electrons. The SMILES string of the molecule is C=C(OCCCP(=O)(O)OC)C(=O)O. The van der Waals surface area contributed by atoms with Gasteiger partial charge in [-0.3, -0.25) is 4.57 Å². The van der Waals surface area contributed by atoms with Crippen LogP contribution in [-0.4, -0.2) is 35.8 Å². The standard InChI is InChI=1S/C7H13O6P/c1-6(7(8)9)13-4-3-5-14(10,11)12-2/h1,3-5H2,2H3,(H,8,9)(H,10,11). The van der Waals surface area contributed by atoms with Gasteiger partial charge in [0.1, 0.15) is 0 Å². The summed E-state index contributed by atoms with van der Waals surface area (Å²) < 4.78 is 19.9. The van der Waals surface area contributed by atoms with Crippen LogP contribution in [0.3, 0.4) is 0 Å². The first-order valence-electron chi connectivity index (χ1n) is 3.81. The van der Waals surface area contributed by atoms with Crippen molar-refractivity contribution in [3.8, 4) is 0 Å². The van der Waals surface area contributed by atoms with Gasteiger partial charge >= 0.3 is 13.6 Å². The molecule has 0 aromatic rings. The topological polar surface area (TPSA) is 93.1 Å². The van der Waals surface area contributed by atoms with E-state index in [1.807, 2.05) is 0 Å². The molecule has 1 atom stereocenters. The van der Waals surface area contributed by atoms with Gasteiger partial charge in [0.25, 0.3) is 0 Å². The summed E-state index contributed by atoms with van der Waals surface area (Å²) >= 11 is 0. The minimum Gasteiger partial charge on any atom is -0.487 e. The number of rotatable bonds is 7. The monoisotopic (exact) mass is 224 g/mol. The summed E-state index contributed by atoms with van der Waals surface area (Å²) in [7, 11) is -2.38. The Morgan fingerprint density at radius 1 is 1.57 bits per heavy atom. The maximum atomic E-state index is 10.9. The molecule has 0 bridgehead atoms. The van der Waals surface area contributed by atoms with Crippen LogP contribution in [0.2, 0.25) is 0 Å². The molecule has 2 N–H and O–H groups in total. The van der Waals surface area contributed by atoms with Crippen molar-refractivity contribution in [2.45, 2.75) is 6.42 Å². The molecule has 0 rings (SSSR count). The average Bonchev–Trinajstić information content (AvgIpc) is 2.12. The van der Waals surface area contributed by atoms with Crippen molar-refractivity contribution in [2.24, 2.45) is 0 Å². The Morgan fingerprint density at radius 3 is 2.57 bits per heavy atom. The van der Waals surface area contributed by atoms with Crippen molar-refractivity contribution in [2.75, 3.05) is 19.9 Å². The van der Waals surface area contributed by atoms with E-state index in [-0.39, 0.29) is 24.9 Å². The van der Waals surface area contributed by atoms with Gasteiger partial charge in [-0.25, -0.2) is 4.79 Å². The van der Waals surface area contributed by atoms with Gasteiger partial charge in [-0.15, -0.1) is 0 Å². The number of hydrogen-bond donors (Lipinski definition) is 2. The molecule has 0 spiro atoms. The predicted molar refractivity (Wildman–Crippen MR) is 49.0 cm³/mol. The van der Waals surface area contributed by atoms with Gasteiger partial charge < -0.3 is 19.3 Å². The maximum Gasteiger partial charge on any atom is 0.370 e. The maximum absolute atomic E-state index is 10.9. The minimum atomic E-state index is -3.51. The van der Waals surface area contributed by atoms with Crippen LogP contribution in [0.5, 0.6) is 0 Å². The molecular weight excluding hydrogens is 211 g/mol. The van der Waals surface area contributed by atoms with Crippen LogP contribution >= 0.6 is 7.60 Å². The van der Waals surface area contributed by atoms with E-state index < -0.39 is 13.6 Å². The molecule has 0 aromatic heterocycles. The van der Waals surface area contributed by atoms with Crippen LogP contribution in [0.4, 0.5) is 0 Å². The Bertz CT molecular complexity index is 261. The number of carboxylic acid groups (broad SMARTS) is 1. The van der Waals surface area contributed by atoms with E-state index in [1.165, 1.54) is 0 Å². The van der Waals surface area contributed by atoms with Crippen LogP contribution in [-0.2, 0) is 18.6 Å². The molecule has 0 aliphatic rings. The molecule has 1 unspecified atom stereocenters. The Balaban J connectivity index is 3.62. The highest BCUT2D eigenvalue weighted by atomic mass is 31.2. The molecule has 0 heterocycles. The molecule has 14 heavy (non-hydrogen) atoms. The highest BCUT2D eigenvalue weighted by molar-refractivity contribution is 7.52. The summed E-state index contributed by atoms with van der Waals surface area (Å²) in [5.74, 6) is -1.63. The van der Waals surface area contributed by atoms with Crippen molar-refractivity contribution in [1.82, 2.24) is 0 Å². The van der Waals surface area contributed by atoms with E-state index in [4.69, 9.17) is 10.00 Å². The first-order chi connectivity index (χ1) is 6.39. The second kappa shape index (κ2) is 5.80. The lowest BCUT2D eigenvalue weighted by atomic mass is 10.5. The summed E-state index contributed by atoms with van der Waals surface area (Å²) in [5, 5.41) is 8.33. The molecule has 7 heteroatoms. The van der Waals surface area contributed by atoms with Crippen LogP contribution in [0.1, 0.15) is 6.42 Å². The summed E-state index contributed by atoms with van der Waals surface area (Å²) in [5.41, 5.74) is 0. The average molecular weight is 224 g/mol. The van der Waals surface area contributed by atoms with Crippen molar-refractivity contribution >= 4 is 13.6 Å². The van der Waals surface area contributed by atoms with Gasteiger partial charge in [-0.2, -0.15) is 0 Å². The first-order valence-corrected chi connectivity index (χ1v) is 5.58. The third kappa shape index (κ3) is 5.75. The predicted octanol–water partition coefficient (Wildman–Crippen LogP) is 0.823. The van der Waals surface area contributed by atoms with Gasteiger partial charge in [-0.05, 0) is 13.0 Å². The van der Waals surface area contributed by atoms with Crippen LogP contribution in [0.15, 0.2) is 12.3 Å².